The third kappa shape index (κ3) is 6.86. The zero-order chi connectivity index (χ0) is 31.5. The number of para-hydroxylation sites is 1. The zero-order valence-corrected chi connectivity index (χ0v) is 26.6. The van der Waals surface area contributed by atoms with Crippen LogP contribution in [0.15, 0.2) is 69.3 Å². The summed E-state index contributed by atoms with van der Waals surface area (Å²) in [5, 5.41) is 14.2. The first-order chi connectivity index (χ1) is 21.0. The van der Waals surface area contributed by atoms with Crippen LogP contribution >= 0.6 is 0 Å². The maximum absolute atomic E-state index is 13.7. The molecule has 2 aliphatic rings. The van der Waals surface area contributed by atoms with Gasteiger partial charge in [0.25, 0.3) is 0 Å². The van der Waals surface area contributed by atoms with E-state index in [0.29, 0.717) is 43.5 Å². The lowest BCUT2D eigenvalue weighted by Gasteiger charge is -2.38. The van der Waals surface area contributed by atoms with Crippen LogP contribution in [-0.4, -0.2) is 88.5 Å². The zero-order valence-electron chi connectivity index (χ0n) is 24.9. The second-order valence-electron chi connectivity index (χ2n) is 11.4. The van der Waals surface area contributed by atoms with Crippen LogP contribution in [-0.2, 0) is 31.3 Å². The molecule has 0 bridgehead atoms. The van der Waals surface area contributed by atoms with E-state index < -0.39 is 37.2 Å². The third-order valence-corrected chi connectivity index (χ3v) is 11.7. The average Bonchev–Trinajstić information content (AvgIpc) is 3.42. The van der Waals surface area contributed by atoms with Crippen molar-refractivity contribution in [3.05, 3.63) is 65.0 Å². The van der Waals surface area contributed by atoms with Crippen molar-refractivity contribution >= 4 is 30.9 Å². The third-order valence-electron chi connectivity index (χ3n) is 8.35. The number of rotatable bonds is 12. The Hall–Kier alpha value is -2.85. The molecular formula is C30H40N4O8S2. The standard InChI is InChI=1S/C30H40N4O8S2/c1-3-13-33-19-28(29(36)26-9-4-5-10-27(26)33)44(39,40)34-14-11-30(12-15-34)17-22(20-42-30)32-18-23(35)21-41-24-7-6-8-25(16-24)43(37,38)31-2/h4-10,16,19,22-23,31-32,35H,3,11-15,17-18,20-21H2,1-2H3/t22-,23+/m1/s1. The van der Waals surface area contributed by atoms with Crippen LogP contribution in [0.2, 0.25) is 0 Å². The molecule has 240 valence electrons. The molecule has 44 heavy (non-hydrogen) atoms. The highest BCUT2D eigenvalue weighted by Crippen LogP contribution is 2.37. The molecule has 5 rings (SSSR count). The number of nitrogens with zero attached hydrogens (tertiary/aromatic N) is 2. The molecule has 3 N–H and O–H groups in total. The first-order valence-electron chi connectivity index (χ1n) is 14.8. The number of hydrogen-bond donors (Lipinski definition) is 3. The first kappa shape index (κ1) is 32.5. The summed E-state index contributed by atoms with van der Waals surface area (Å²) in [7, 11) is -6.28. The monoisotopic (exact) mass is 648 g/mol. The van der Waals surface area contributed by atoms with E-state index in [9.17, 15) is 26.7 Å². The molecule has 0 radical (unpaired) electrons. The van der Waals surface area contributed by atoms with Crippen molar-refractivity contribution in [3.8, 4) is 5.75 Å². The molecular weight excluding hydrogens is 608 g/mol. The number of aliphatic hydroxyl groups is 1. The van der Waals surface area contributed by atoms with Gasteiger partial charge in [0.2, 0.25) is 25.5 Å². The maximum Gasteiger partial charge on any atom is 0.248 e. The van der Waals surface area contributed by atoms with Gasteiger partial charge in [-0.25, -0.2) is 21.6 Å². The molecule has 2 aliphatic heterocycles. The number of aryl methyl sites for hydroxylation is 1. The maximum atomic E-state index is 13.7. The number of piperidine rings is 1. The van der Waals surface area contributed by atoms with E-state index in [1.807, 2.05) is 23.6 Å². The molecule has 1 aromatic heterocycles. The van der Waals surface area contributed by atoms with Gasteiger partial charge in [-0.05, 0) is 57.0 Å². The Balaban J connectivity index is 1.15. The SMILES string of the molecule is CCCn1cc(S(=O)(=O)N2CCC3(CC2)C[C@@H](NC[C@H](O)COc2cccc(S(=O)(=O)NC)c2)CO3)c(=O)c2ccccc21. The highest BCUT2D eigenvalue weighted by atomic mass is 32.2. The fraction of sp³-hybridized carbons (Fsp3) is 0.500. The molecule has 3 heterocycles. The average molecular weight is 649 g/mol. The lowest BCUT2D eigenvalue weighted by atomic mass is 9.88. The fourth-order valence-electron chi connectivity index (χ4n) is 5.93. The number of nitrogens with one attached hydrogen (secondary N) is 2. The van der Waals surface area contributed by atoms with Crippen molar-refractivity contribution in [2.75, 3.05) is 39.9 Å². The molecule has 2 saturated heterocycles. The van der Waals surface area contributed by atoms with Crippen molar-refractivity contribution in [1.29, 1.82) is 0 Å². The molecule has 2 fully saturated rings. The summed E-state index contributed by atoms with van der Waals surface area (Å²) in [6.07, 6.45) is 3.10. The number of benzene rings is 2. The predicted molar refractivity (Wildman–Crippen MR) is 166 cm³/mol. The second kappa shape index (κ2) is 13.3. The summed E-state index contributed by atoms with van der Waals surface area (Å²) >= 11 is 0. The summed E-state index contributed by atoms with van der Waals surface area (Å²) in [5.41, 5.74) is -0.233. The van der Waals surface area contributed by atoms with Crippen molar-refractivity contribution in [2.45, 2.75) is 66.7 Å². The van der Waals surface area contributed by atoms with Gasteiger partial charge >= 0.3 is 0 Å². The van der Waals surface area contributed by atoms with Gasteiger partial charge in [0, 0.05) is 49.9 Å². The first-order valence-corrected chi connectivity index (χ1v) is 17.7. The van der Waals surface area contributed by atoms with Gasteiger partial charge in [0.1, 0.15) is 23.4 Å². The summed E-state index contributed by atoms with van der Waals surface area (Å²) in [6, 6.07) is 13.1. The summed E-state index contributed by atoms with van der Waals surface area (Å²) in [6.45, 7) is 3.73. The number of aromatic nitrogens is 1. The van der Waals surface area contributed by atoms with Gasteiger partial charge in [-0.1, -0.05) is 25.1 Å². The molecule has 3 aromatic rings. The minimum absolute atomic E-state index is 0.0290. The Morgan fingerprint density at radius 2 is 1.86 bits per heavy atom. The van der Waals surface area contributed by atoms with Crippen LogP contribution in [0.3, 0.4) is 0 Å². The number of pyridine rings is 1. The van der Waals surface area contributed by atoms with Gasteiger partial charge in [0.05, 0.1) is 22.6 Å². The van der Waals surface area contributed by atoms with E-state index in [0.717, 1.165) is 11.9 Å². The molecule has 0 saturated carbocycles. The van der Waals surface area contributed by atoms with E-state index >= 15 is 0 Å². The minimum Gasteiger partial charge on any atom is -0.491 e. The molecule has 12 nitrogen and oxygen atoms in total. The fourth-order valence-corrected chi connectivity index (χ4v) is 8.24. The normalized spacial score (nSPS) is 19.8. The minimum atomic E-state index is -4.00. The largest absolute Gasteiger partial charge is 0.491 e. The summed E-state index contributed by atoms with van der Waals surface area (Å²) in [4.78, 5) is 13.2. The Kier molecular flexibility index (Phi) is 9.80. The highest BCUT2D eigenvalue weighted by Gasteiger charge is 2.45. The van der Waals surface area contributed by atoms with Crippen LogP contribution in [0.5, 0.6) is 5.75 Å². The van der Waals surface area contributed by atoms with Crippen molar-refractivity contribution in [2.24, 2.45) is 0 Å². The van der Waals surface area contributed by atoms with Gasteiger partial charge in [-0.3, -0.25) is 4.79 Å². The van der Waals surface area contributed by atoms with Gasteiger partial charge in [-0.15, -0.1) is 0 Å². The second-order valence-corrected chi connectivity index (χ2v) is 15.2. The van der Waals surface area contributed by atoms with Crippen molar-refractivity contribution < 1.29 is 31.4 Å². The number of ether oxygens (including phenoxy) is 2. The molecule has 0 aliphatic carbocycles. The quantitative estimate of drug-likeness (QED) is 0.266. The number of aliphatic hydroxyl groups excluding tert-OH is 1. The number of sulfonamides is 2. The molecule has 2 aromatic carbocycles. The van der Waals surface area contributed by atoms with Crippen LogP contribution < -0.4 is 20.2 Å². The summed E-state index contributed by atoms with van der Waals surface area (Å²) in [5.74, 6) is 0.332. The van der Waals surface area contributed by atoms with Crippen LogP contribution in [0.4, 0.5) is 0 Å². The molecule has 1 spiro atoms. The Labute approximate surface area is 258 Å². The van der Waals surface area contributed by atoms with Gasteiger partial charge in [-0.2, -0.15) is 4.31 Å². The van der Waals surface area contributed by atoms with Crippen molar-refractivity contribution in [1.82, 2.24) is 18.9 Å². The molecule has 0 amide bonds. The van der Waals surface area contributed by atoms with E-state index in [4.69, 9.17) is 9.47 Å². The highest BCUT2D eigenvalue weighted by molar-refractivity contribution is 7.89. The van der Waals surface area contributed by atoms with Crippen LogP contribution in [0.25, 0.3) is 10.9 Å². The Morgan fingerprint density at radius 1 is 1.11 bits per heavy atom. The number of hydrogen-bond acceptors (Lipinski definition) is 9. The molecule has 14 heteroatoms. The smallest absolute Gasteiger partial charge is 0.248 e. The van der Waals surface area contributed by atoms with Gasteiger partial charge in [0.15, 0.2) is 0 Å². The topological polar surface area (TPSA) is 156 Å². The van der Waals surface area contributed by atoms with E-state index in [1.165, 1.54) is 29.7 Å². The van der Waals surface area contributed by atoms with Gasteiger partial charge < -0.3 is 24.5 Å². The van der Waals surface area contributed by atoms with Crippen molar-refractivity contribution in [3.63, 3.8) is 0 Å². The van der Waals surface area contributed by atoms with E-state index in [1.54, 1.807) is 24.3 Å². The Bertz CT molecular complexity index is 1750. The molecule has 0 unspecified atom stereocenters. The van der Waals surface area contributed by atoms with E-state index in [2.05, 4.69) is 10.0 Å². The summed E-state index contributed by atoms with van der Waals surface area (Å²) < 4.78 is 68.7. The predicted octanol–water partition coefficient (Wildman–Crippen LogP) is 1.66. The lowest BCUT2D eigenvalue weighted by molar-refractivity contribution is -0.0312. The number of fused-ring (bicyclic) bond motifs is 1. The Morgan fingerprint density at radius 3 is 2.59 bits per heavy atom. The lowest BCUT2D eigenvalue weighted by Crippen LogP contribution is -2.47. The van der Waals surface area contributed by atoms with Crippen LogP contribution in [0.1, 0.15) is 32.6 Å². The van der Waals surface area contributed by atoms with E-state index in [-0.39, 0.29) is 42.1 Å². The molecule has 2 atom stereocenters. The van der Waals surface area contributed by atoms with Crippen LogP contribution in [0, 0.1) is 0 Å².